The van der Waals surface area contributed by atoms with Gasteiger partial charge >= 0.3 is 0 Å². The van der Waals surface area contributed by atoms with E-state index in [1.165, 1.54) is 62.6 Å². The highest BCUT2D eigenvalue weighted by atomic mass is 32.1. The van der Waals surface area contributed by atoms with Crippen LogP contribution in [0, 0.1) is 0 Å². The summed E-state index contributed by atoms with van der Waals surface area (Å²) in [5.74, 6) is 0. The van der Waals surface area contributed by atoms with Gasteiger partial charge in [-0.05, 0) is 47.2 Å². The van der Waals surface area contributed by atoms with Crippen LogP contribution in [-0.2, 0) is 0 Å². The van der Waals surface area contributed by atoms with Gasteiger partial charge in [0, 0.05) is 87.7 Å². The molecule has 0 bridgehead atoms. The second kappa shape index (κ2) is 6.83. The summed E-state index contributed by atoms with van der Waals surface area (Å²) < 4.78 is 5.31. The van der Waals surface area contributed by atoms with E-state index in [-0.39, 0.29) is 0 Å². The molecule has 4 aromatic carbocycles. The highest BCUT2D eigenvalue weighted by molar-refractivity contribution is 7.27. The maximum Gasteiger partial charge on any atom is 0.0441 e. The third kappa shape index (κ3) is 2.44. The smallest absolute Gasteiger partial charge is 0.0441 e. The minimum atomic E-state index is 1.16. The number of hydrogen-bond acceptors (Lipinski definition) is 4. The summed E-state index contributed by atoms with van der Waals surface area (Å²) in [5, 5.41) is 5.31. The van der Waals surface area contributed by atoms with Crippen LogP contribution >= 0.6 is 22.7 Å². The Balaban J connectivity index is 1.67. The fourth-order valence-corrected chi connectivity index (χ4v) is 7.93. The average Bonchev–Trinajstić information content (AvgIpc) is 2.90. The fraction of sp³-hybridized carbons (Fsp3) is 0. The summed E-state index contributed by atoms with van der Waals surface area (Å²) in [6.07, 6.45) is 7.65. The molecule has 0 amide bonds. The van der Waals surface area contributed by atoms with Crippen LogP contribution in [0.1, 0.15) is 0 Å². The average molecular weight is 469 g/mol. The molecule has 0 atom stereocenters. The van der Waals surface area contributed by atoms with Crippen LogP contribution in [-0.4, -0.2) is 9.97 Å². The molecular formula is C30H16N2S2. The second-order valence-corrected chi connectivity index (χ2v) is 10.8. The van der Waals surface area contributed by atoms with Gasteiger partial charge in [0.1, 0.15) is 0 Å². The first-order valence-corrected chi connectivity index (χ1v) is 12.9. The SMILES string of the molecule is c1cncc(-c2cc3cccc4sc5c(-c6cccnc6)cc6cccc7sc2c(c34)-c5c67)c1. The normalized spacial score (nSPS) is 12.1. The Hall–Kier alpha value is -3.86. The number of benzene rings is 4. The molecule has 4 heteroatoms. The van der Waals surface area contributed by atoms with Gasteiger partial charge in [-0.2, -0.15) is 0 Å². The number of nitrogens with zero attached hydrogens (tertiary/aromatic N) is 2. The summed E-state index contributed by atoms with van der Waals surface area (Å²) in [4.78, 5) is 8.87. The van der Waals surface area contributed by atoms with E-state index in [2.05, 4.69) is 70.6 Å². The second-order valence-electron chi connectivity index (χ2n) is 8.65. The first-order valence-electron chi connectivity index (χ1n) is 11.2. The summed E-state index contributed by atoms with van der Waals surface area (Å²) in [5.41, 5.74) is 7.58. The maximum absolute atomic E-state index is 4.44. The van der Waals surface area contributed by atoms with Gasteiger partial charge < -0.3 is 0 Å². The summed E-state index contributed by atoms with van der Waals surface area (Å²) >= 11 is 3.80. The molecule has 2 nitrogen and oxygen atoms in total. The molecule has 0 fully saturated rings. The van der Waals surface area contributed by atoms with Gasteiger partial charge in [-0.1, -0.05) is 36.4 Å². The van der Waals surface area contributed by atoms with Crippen LogP contribution in [0.25, 0.3) is 73.7 Å². The minimum Gasteiger partial charge on any atom is -0.264 e. The van der Waals surface area contributed by atoms with E-state index in [4.69, 9.17) is 0 Å². The number of aromatic nitrogens is 2. The lowest BCUT2D eigenvalue weighted by atomic mass is 9.88. The Bertz CT molecular complexity index is 1800. The molecule has 0 spiro atoms. The van der Waals surface area contributed by atoms with Gasteiger partial charge in [-0.25, -0.2) is 0 Å². The molecule has 0 saturated carbocycles. The molecule has 0 saturated heterocycles. The Labute approximate surface area is 203 Å². The van der Waals surface area contributed by atoms with Crippen molar-refractivity contribution in [2.24, 2.45) is 0 Å². The van der Waals surface area contributed by atoms with Crippen LogP contribution in [0.3, 0.4) is 0 Å². The third-order valence-corrected chi connectivity index (χ3v) is 9.16. The van der Waals surface area contributed by atoms with Crippen molar-refractivity contribution in [3.8, 4) is 33.4 Å². The highest BCUT2D eigenvalue weighted by Gasteiger charge is 2.26. The fourth-order valence-electron chi connectivity index (χ4n) is 5.36. The lowest BCUT2D eigenvalue weighted by Gasteiger charge is -2.24. The van der Waals surface area contributed by atoms with Crippen molar-refractivity contribution in [2.75, 3.05) is 0 Å². The molecule has 34 heavy (non-hydrogen) atoms. The van der Waals surface area contributed by atoms with Crippen LogP contribution in [0.15, 0.2) is 97.6 Å². The molecule has 2 aliphatic rings. The molecule has 4 heterocycles. The minimum absolute atomic E-state index is 1.16. The van der Waals surface area contributed by atoms with Crippen LogP contribution in [0.2, 0.25) is 0 Å². The molecule has 2 aromatic heterocycles. The number of hydrogen-bond donors (Lipinski definition) is 0. The molecular weight excluding hydrogens is 452 g/mol. The lowest BCUT2D eigenvalue weighted by Crippen LogP contribution is -1.95. The molecule has 0 N–H and O–H groups in total. The quantitative estimate of drug-likeness (QED) is 0.187. The van der Waals surface area contributed by atoms with Crippen molar-refractivity contribution in [2.45, 2.75) is 0 Å². The van der Waals surface area contributed by atoms with Crippen molar-refractivity contribution in [1.29, 1.82) is 0 Å². The molecule has 0 unspecified atom stereocenters. The predicted molar refractivity (Wildman–Crippen MR) is 146 cm³/mol. The van der Waals surface area contributed by atoms with E-state index < -0.39 is 0 Å². The Morgan fingerprint density at radius 2 is 1.03 bits per heavy atom. The summed E-state index contributed by atoms with van der Waals surface area (Å²) in [7, 11) is 0. The predicted octanol–water partition coefficient (Wildman–Crippen LogP) is 9.09. The van der Waals surface area contributed by atoms with Gasteiger partial charge in [-0.3, -0.25) is 9.97 Å². The first kappa shape index (κ1) is 18.6. The van der Waals surface area contributed by atoms with Crippen molar-refractivity contribution in [3.63, 3.8) is 0 Å². The van der Waals surface area contributed by atoms with Crippen molar-refractivity contribution < 1.29 is 0 Å². The van der Waals surface area contributed by atoms with E-state index >= 15 is 0 Å². The Kier molecular flexibility index (Phi) is 3.73. The molecule has 0 aliphatic carbocycles. The molecule has 2 aliphatic heterocycles. The third-order valence-electron chi connectivity index (χ3n) is 6.78. The van der Waals surface area contributed by atoms with E-state index in [0.29, 0.717) is 0 Å². The van der Waals surface area contributed by atoms with E-state index in [1.807, 2.05) is 59.6 Å². The lowest BCUT2D eigenvalue weighted by molar-refractivity contribution is 1.33. The number of pyridine rings is 2. The molecule has 0 radical (unpaired) electrons. The van der Waals surface area contributed by atoms with Crippen LogP contribution < -0.4 is 0 Å². The van der Waals surface area contributed by atoms with E-state index in [0.717, 1.165) is 11.1 Å². The molecule has 158 valence electrons. The molecule has 6 aromatic rings. The topological polar surface area (TPSA) is 25.8 Å². The Morgan fingerprint density at radius 3 is 1.47 bits per heavy atom. The maximum atomic E-state index is 4.44. The van der Waals surface area contributed by atoms with Crippen LogP contribution in [0.4, 0.5) is 0 Å². The summed E-state index contributed by atoms with van der Waals surface area (Å²) in [6.45, 7) is 0. The van der Waals surface area contributed by atoms with Gasteiger partial charge in [0.15, 0.2) is 0 Å². The number of rotatable bonds is 2. The zero-order chi connectivity index (χ0) is 22.2. The van der Waals surface area contributed by atoms with Crippen LogP contribution in [0.5, 0.6) is 0 Å². The van der Waals surface area contributed by atoms with Gasteiger partial charge in [-0.15, -0.1) is 22.7 Å². The highest BCUT2D eigenvalue weighted by Crippen LogP contribution is 2.55. The van der Waals surface area contributed by atoms with Gasteiger partial charge in [0.2, 0.25) is 0 Å². The van der Waals surface area contributed by atoms with Gasteiger partial charge in [0.05, 0.1) is 0 Å². The van der Waals surface area contributed by atoms with Crippen molar-refractivity contribution >= 4 is 63.0 Å². The van der Waals surface area contributed by atoms with E-state index in [1.54, 1.807) is 0 Å². The van der Waals surface area contributed by atoms with Crippen molar-refractivity contribution in [1.82, 2.24) is 9.97 Å². The standard InChI is InChI=1S/C30H16N2S2/c1-5-17-13-21(19-7-3-11-31-15-19)30-27-25(17)23(9-1)33-29-22(20-8-4-12-32-16-20)14-18-6-2-10-24(34-30)26(18)28(27)29/h1-16H. The van der Waals surface area contributed by atoms with Gasteiger partial charge in [0.25, 0.3) is 0 Å². The largest absolute Gasteiger partial charge is 0.264 e. The summed E-state index contributed by atoms with van der Waals surface area (Å²) in [6, 6.07) is 26.5. The zero-order valence-electron chi connectivity index (χ0n) is 17.9. The van der Waals surface area contributed by atoms with Crippen molar-refractivity contribution in [3.05, 3.63) is 97.6 Å². The molecule has 8 rings (SSSR count). The van der Waals surface area contributed by atoms with E-state index in [9.17, 15) is 0 Å². The Morgan fingerprint density at radius 1 is 0.529 bits per heavy atom. The zero-order valence-corrected chi connectivity index (χ0v) is 19.6. The first-order chi connectivity index (χ1) is 16.9. The monoisotopic (exact) mass is 468 g/mol.